The van der Waals surface area contributed by atoms with Crippen molar-refractivity contribution in [1.82, 2.24) is 24.6 Å². The van der Waals surface area contributed by atoms with Crippen LogP contribution < -0.4 is 10.4 Å². The summed E-state index contributed by atoms with van der Waals surface area (Å²) in [6, 6.07) is 9.68. The molecule has 0 radical (unpaired) electrons. The fourth-order valence-corrected chi connectivity index (χ4v) is 5.43. The number of nitrogens with zero attached hydrogens (tertiary/aromatic N) is 6. The van der Waals surface area contributed by atoms with Crippen molar-refractivity contribution in [2.75, 3.05) is 18.0 Å². The summed E-state index contributed by atoms with van der Waals surface area (Å²) in [6.45, 7) is 11.7. The Kier molecular flexibility index (Phi) is 5.91. The van der Waals surface area contributed by atoms with E-state index >= 15 is 0 Å². The summed E-state index contributed by atoms with van der Waals surface area (Å²) in [6.07, 6.45) is 1.37. The predicted octanol–water partition coefficient (Wildman–Crippen LogP) is 4.54. The van der Waals surface area contributed by atoms with Crippen LogP contribution in [0.15, 0.2) is 42.9 Å². The Morgan fingerprint density at radius 2 is 1.82 bits per heavy atom. The number of hydrogen-bond acceptors (Lipinski definition) is 7. The van der Waals surface area contributed by atoms with Gasteiger partial charge in [0.1, 0.15) is 17.8 Å². The highest BCUT2D eigenvalue weighted by Crippen LogP contribution is 2.38. The van der Waals surface area contributed by atoms with E-state index in [4.69, 9.17) is 14.3 Å². The molecule has 2 atom stereocenters. The third kappa shape index (κ3) is 4.12. The van der Waals surface area contributed by atoms with Gasteiger partial charge < -0.3 is 14.2 Å². The summed E-state index contributed by atoms with van der Waals surface area (Å²) in [4.78, 5) is 15.1. The first-order valence-electron chi connectivity index (χ1n) is 13.0. The maximum Gasteiger partial charge on any atom is 0.494 e. The smallest absolute Gasteiger partial charge is 0.399 e. The summed E-state index contributed by atoms with van der Waals surface area (Å²) in [5, 5.41) is 6.36. The van der Waals surface area contributed by atoms with Crippen LogP contribution in [0.25, 0.3) is 16.6 Å². The molecule has 0 N–H and O–H groups in total. The number of anilines is 1. The zero-order valence-electron chi connectivity index (χ0n) is 22.2. The molecule has 0 aliphatic carbocycles. The minimum atomic E-state index is -2.68. The average molecular weight is 520 g/mol. The molecular formula is C27H31BF2N6O2. The van der Waals surface area contributed by atoms with Gasteiger partial charge in [-0.25, -0.2) is 23.3 Å². The van der Waals surface area contributed by atoms with Gasteiger partial charge in [-0.15, -0.1) is 0 Å². The molecule has 0 bridgehead atoms. The van der Waals surface area contributed by atoms with E-state index in [1.165, 1.54) is 12.4 Å². The highest BCUT2D eigenvalue weighted by molar-refractivity contribution is 6.62. The van der Waals surface area contributed by atoms with Crippen molar-refractivity contribution in [2.45, 2.75) is 64.6 Å². The summed E-state index contributed by atoms with van der Waals surface area (Å²) < 4.78 is 41.5. The number of hydrogen-bond donors (Lipinski definition) is 0. The SMILES string of the molecule is C[C@@H]1CCN(c2nccc3ccc(B4OC(C)(C)C(C)(C)O4)cc23)C[C@H]1c1cc(C(F)F)nc2ncnn12. The van der Waals surface area contributed by atoms with E-state index in [0.717, 1.165) is 35.0 Å². The highest BCUT2D eigenvalue weighted by atomic mass is 19.3. The second kappa shape index (κ2) is 8.95. The van der Waals surface area contributed by atoms with E-state index in [1.54, 1.807) is 4.52 Å². The van der Waals surface area contributed by atoms with Crippen molar-refractivity contribution in [3.8, 4) is 0 Å². The third-order valence-corrected chi connectivity index (χ3v) is 8.46. The molecule has 38 heavy (non-hydrogen) atoms. The van der Waals surface area contributed by atoms with Crippen LogP contribution in [0.4, 0.5) is 14.6 Å². The number of rotatable bonds is 4. The van der Waals surface area contributed by atoms with Crippen LogP contribution >= 0.6 is 0 Å². The molecule has 2 saturated heterocycles. The van der Waals surface area contributed by atoms with Crippen molar-refractivity contribution in [2.24, 2.45) is 5.92 Å². The number of piperidine rings is 1. The molecule has 2 aliphatic rings. The largest absolute Gasteiger partial charge is 0.494 e. The lowest BCUT2D eigenvalue weighted by molar-refractivity contribution is 0.00578. The van der Waals surface area contributed by atoms with E-state index < -0.39 is 24.7 Å². The van der Waals surface area contributed by atoms with Crippen LogP contribution in [0.5, 0.6) is 0 Å². The Hall–Kier alpha value is -3.18. The van der Waals surface area contributed by atoms with Crippen LogP contribution in [0.3, 0.4) is 0 Å². The fourth-order valence-electron chi connectivity index (χ4n) is 5.43. The standard InChI is InChI=1S/C27H31BF2N6O2/c1-16-9-11-35(14-20(16)22-13-21(23(29)30)34-25-32-15-33-36(22)25)24-19-12-18(7-6-17(19)8-10-31-24)28-37-26(2,3)27(4,5)38-28/h6-8,10,12-13,15-16,20,23H,9,11,14H2,1-5H3/t16-,20-/m1/s1. The second-order valence-electron chi connectivity index (χ2n) is 11.4. The van der Waals surface area contributed by atoms with E-state index in [-0.39, 0.29) is 23.3 Å². The number of fused-ring (bicyclic) bond motifs is 2. The van der Waals surface area contributed by atoms with Crippen molar-refractivity contribution in [3.05, 3.63) is 54.2 Å². The van der Waals surface area contributed by atoms with Gasteiger partial charge in [0.05, 0.1) is 16.9 Å². The van der Waals surface area contributed by atoms with Gasteiger partial charge >= 0.3 is 7.12 Å². The number of alkyl halides is 2. The van der Waals surface area contributed by atoms with E-state index in [0.29, 0.717) is 12.2 Å². The van der Waals surface area contributed by atoms with Crippen LogP contribution in [0, 0.1) is 5.92 Å². The van der Waals surface area contributed by atoms with Gasteiger partial charge in [0, 0.05) is 30.6 Å². The van der Waals surface area contributed by atoms with Crippen LogP contribution in [-0.4, -0.2) is 56.0 Å². The normalized spacial score (nSPS) is 23.2. The van der Waals surface area contributed by atoms with Crippen molar-refractivity contribution < 1.29 is 18.1 Å². The summed E-state index contributed by atoms with van der Waals surface area (Å²) in [7, 11) is -0.475. The molecule has 6 rings (SSSR count). The zero-order valence-corrected chi connectivity index (χ0v) is 22.2. The molecule has 0 spiro atoms. The second-order valence-corrected chi connectivity index (χ2v) is 11.4. The van der Waals surface area contributed by atoms with Crippen molar-refractivity contribution in [3.63, 3.8) is 0 Å². The Bertz CT molecular complexity index is 1490. The van der Waals surface area contributed by atoms with Gasteiger partial charge in [0.2, 0.25) is 0 Å². The molecule has 2 aliphatic heterocycles. The molecular weight excluding hydrogens is 489 g/mol. The molecule has 4 aromatic rings. The molecule has 2 fully saturated rings. The quantitative estimate of drug-likeness (QED) is 0.366. The summed E-state index contributed by atoms with van der Waals surface area (Å²) in [5.41, 5.74) is 0.481. The van der Waals surface area contributed by atoms with Gasteiger partial charge in [-0.2, -0.15) is 10.1 Å². The zero-order chi connectivity index (χ0) is 26.8. The number of pyridine rings is 1. The van der Waals surface area contributed by atoms with Crippen LogP contribution in [-0.2, 0) is 9.31 Å². The Morgan fingerprint density at radius 1 is 1.05 bits per heavy atom. The molecule has 8 nitrogen and oxygen atoms in total. The number of benzene rings is 1. The molecule has 5 heterocycles. The highest BCUT2D eigenvalue weighted by Gasteiger charge is 2.51. The summed E-state index contributed by atoms with van der Waals surface area (Å²) >= 11 is 0. The first-order valence-corrected chi connectivity index (χ1v) is 13.0. The monoisotopic (exact) mass is 520 g/mol. The molecule has 0 unspecified atom stereocenters. The Balaban J connectivity index is 1.37. The lowest BCUT2D eigenvalue weighted by Gasteiger charge is -2.38. The summed E-state index contributed by atoms with van der Waals surface area (Å²) in [5.74, 6) is 1.24. The number of halogens is 2. The first-order chi connectivity index (χ1) is 18.0. The maximum absolute atomic E-state index is 13.7. The first kappa shape index (κ1) is 25.1. The van der Waals surface area contributed by atoms with Crippen LogP contribution in [0.2, 0.25) is 0 Å². The Labute approximate surface area is 220 Å². The van der Waals surface area contributed by atoms with Gasteiger partial charge in [-0.1, -0.05) is 25.1 Å². The van der Waals surface area contributed by atoms with E-state index in [1.807, 2.05) is 46.0 Å². The van der Waals surface area contributed by atoms with Gasteiger partial charge in [-0.05, 0) is 63.0 Å². The van der Waals surface area contributed by atoms with Crippen molar-refractivity contribution in [1.29, 1.82) is 0 Å². The molecule has 0 saturated carbocycles. The van der Waals surface area contributed by atoms with Crippen molar-refractivity contribution >= 4 is 34.9 Å². The Morgan fingerprint density at radius 3 is 2.55 bits per heavy atom. The average Bonchev–Trinajstić information content (AvgIpc) is 3.44. The molecule has 3 aromatic heterocycles. The van der Waals surface area contributed by atoms with E-state index in [2.05, 4.69) is 39.0 Å². The molecule has 198 valence electrons. The minimum Gasteiger partial charge on any atom is -0.399 e. The van der Waals surface area contributed by atoms with Crippen LogP contribution in [0.1, 0.15) is 64.8 Å². The third-order valence-electron chi connectivity index (χ3n) is 8.46. The minimum absolute atomic E-state index is 0.0585. The lowest BCUT2D eigenvalue weighted by Crippen LogP contribution is -2.41. The van der Waals surface area contributed by atoms with Gasteiger partial charge in [-0.3, -0.25) is 0 Å². The molecule has 11 heteroatoms. The fraction of sp³-hybridized carbons (Fsp3) is 0.481. The lowest BCUT2D eigenvalue weighted by atomic mass is 9.78. The molecule has 1 aromatic carbocycles. The molecule has 0 amide bonds. The number of aromatic nitrogens is 5. The topological polar surface area (TPSA) is 77.7 Å². The van der Waals surface area contributed by atoms with Gasteiger partial charge in [0.15, 0.2) is 0 Å². The maximum atomic E-state index is 13.7. The van der Waals surface area contributed by atoms with E-state index in [9.17, 15) is 8.78 Å². The van der Waals surface area contributed by atoms with Gasteiger partial charge in [0.25, 0.3) is 12.2 Å². The predicted molar refractivity (Wildman–Crippen MR) is 142 cm³/mol.